The maximum absolute atomic E-state index is 10.4. The highest BCUT2D eigenvalue weighted by atomic mass is 16.7. The van der Waals surface area contributed by atoms with Crippen LogP contribution in [0.2, 0.25) is 0 Å². The molecule has 2 aliphatic heterocycles. The summed E-state index contributed by atoms with van der Waals surface area (Å²) < 4.78 is 16.0. The Morgan fingerprint density at radius 1 is 1.44 bits per heavy atom. The summed E-state index contributed by atoms with van der Waals surface area (Å²) in [5.74, 6) is 1.87. The Morgan fingerprint density at radius 2 is 2.33 bits per heavy atom. The van der Waals surface area contributed by atoms with E-state index in [2.05, 4.69) is 5.32 Å². The lowest BCUT2D eigenvalue weighted by Crippen LogP contribution is -2.28. The fourth-order valence-corrected chi connectivity index (χ4v) is 2.53. The largest absolute Gasteiger partial charge is 0.493 e. The molecule has 0 spiro atoms. The third-order valence-electron chi connectivity index (χ3n) is 3.50. The molecule has 2 N–H and O–H groups in total. The number of ether oxygens (including phenoxy) is 3. The molecule has 1 saturated heterocycles. The van der Waals surface area contributed by atoms with E-state index in [1.54, 1.807) is 7.11 Å². The van der Waals surface area contributed by atoms with E-state index in [4.69, 9.17) is 14.2 Å². The van der Waals surface area contributed by atoms with Gasteiger partial charge in [-0.05, 0) is 37.1 Å². The van der Waals surface area contributed by atoms with Crippen molar-refractivity contribution >= 4 is 0 Å². The maximum atomic E-state index is 10.4. The SMILES string of the molecule is COc1cc(C(O)C2CCCN2)cc2c1OCO2. The fourth-order valence-electron chi connectivity index (χ4n) is 2.53. The molecular weight excluding hydrogens is 234 g/mol. The first-order valence-electron chi connectivity index (χ1n) is 6.18. The van der Waals surface area contributed by atoms with Gasteiger partial charge in [0.15, 0.2) is 11.5 Å². The van der Waals surface area contributed by atoms with Crippen LogP contribution in [0.15, 0.2) is 12.1 Å². The summed E-state index contributed by atoms with van der Waals surface area (Å²) in [6.45, 7) is 1.16. The summed E-state index contributed by atoms with van der Waals surface area (Å²) in [6.07, 6.45) is 1.54. The topological polar surface area (TPSA) is 60.0 Å². The van der Waals surface area contributed by atoms with Crippen molar-refractivity contribution in [1.82, 2.24) is 5.32 Å². The van der Waals surface area contributed by atoms with Crippen molar-refractivity contribution in [2.45, 2.75) is 25.0 Å². The average molecular weight is 251 g/mol. The van der Waals surface area contributed by atoms with Gasteiger partial charge >= 0.3 is 0 Å². The summed E-state index contributed by atoms with van der Waals surface area (Å²) in [5, 5.41) is 13.7. The van der Waals surface area contributed by atoms with Gasteiger partial charge in [-0.3, -0.25) is 0 Å². The second-order valence-electron chi connectivity index (χ2n) is 4.60. The fraction of sp³-hybridized carbons (Fsp3) is 0.538. The number of hydrogen-bond acceptors (Lipinski definition) is 5. The zero-order valence-corrected chi connectivity index (χ0v) is 10.3. The monoisotopic (exact) mass is 251 g/mol. The molecular formula is C13H17NO4. The van der Waals surface area contributed by atoms with Crippen molar-refractivity contribution in [3.63, 3.8) is 0 Å². The first-order chi connectivity index (χ1) is 8.79. The Bertz CT molecular complexity index is 443. The van der Waals surface area contributed by atoms with Crippen molar-refractivity contribution in [3.8, 4) is 17.2 Å². The summed E-state index contributed by atoms with van der Waals surface area (Å²) in [5.41, 5.74) is 0.801. The van der Waals surface area contributed by atoms with Crippen molar-refractivity contribution in [2.75, 3.05) is 20.4 Å². The lowest BCUT2D eigenvalue weighted by molar-refractivity contribution is 0.137. The molecule has 2 aliphatic rings. The van der Waals surface area contributed by atoms with E-state index in [-0.39, 0.29) is 12.8 Å². The van der Waals surface area contributed by atoms with E-state index in [1.807, 2.05) is 12.1 Å². The first kappa shape index (κ1) is 11.6. The number of aliphatic hydroxyl groups is 1. The normalized spacial score (nSPS) is 23.1. The summed E-state index contributed by atoms with van der Waals surface area (Å²) in [7, 11) is 1.58. The zero-order chi connectivity index (χ0) is 12.5. The van der Waals surface area contributed by atoms with E-state index < -0.39 is 6.10 Å². The van der Waals surface area contributed by atoms with E-state index in [9.17, 15) is 5.11 Å². The summed E-state index contributed by atoms with van der Waals surface area (Å²) in [4.78, 5) is 0. The van der Waals surface area contributed by atoms with Gasteiger partial charge in [0.05, 0.1) is 13.2 Å². The third-order valence-corrected chi connectivity index (χ3v) is 3.50. The molecule has 0 bridgehead atoms. The average Bonchev–Trinajstić information content (AvgIpc) is 3.07. The first-order valence-corrected chi connectivity index (χ1v) is 6.18. The molecule has 5 heteroatoms. The Hall–Kier alpha value is -1.46. The molecule has 2 heterocycles. The lowest BCUT2D eigenvalue weighted by atomic mass is 10.00. The van der Waals surface area contributed by atoms with Gasteiger partial charge in [-0.1, -0.05) is 0 Å². The molecule has 0 aromatic heterocycles. The molecule has 0 radical (unpaired) electrons. The van der Waals surface area contributed by atoms with Crippen LogP contribution in [0.4, 0.5) is 0 Å². The van der Waals surface area contributed by atoms with Crippen LogP contribution >= 0.6 is 0 Å². The molecule has 98 valence electrons. The van der Waals surface area contributed by atoms with Crippen LogP contribution in [0.3, 0.4) is 0 Å². The minimum absolute atomic E-state index is 0.107. The van der Waals surface area contributed by atoms with Gasteiger partial charge in [0.25, 0.3) is 0 Å². The highest BCUT2D eigenvalue weighted by Crippen LogP contribution is 2.43. The molecule has 5 nitrogen and oxygen atoms in total. The molecule has 0 amide bonds. The van der Waals surface area contributed by atoms with Gasteiger partial charge in [0.2, 0.25) is 12.5 Å². The summed E-state index contributed by atoms with van der Waals surface area (Å²) >= 11 is 0. The van der Waals surface area contributed by atoms with Crippen molar-refractivity contribution in [3.05, 3.63) is 17.7 Å². The zero-order valence-electron chi connectivity index (χ0n) is 10.3. The van der Waals surface area contributed by atoms with Crippen LogP contribution < -0.4 is 19.5 Å². The molecule has 3 rings (SSSR count). The maximum Gasteiger partial charge on any atom is 0.231 e. The minimum atomic E-state index is -0.545. The smallest absolute Gasteiger partial charge is 0.231 e. The van der Waals surface area contributed by atoms with Crippen LogP contribution in [0.1, 0.15) is 24.5 Å². The van der Waals surface area contributed by atoms with Gasteiger partial charge in [0.1, 0.15) is 0 Å². The molecule has 1 fully saturated rings. The van der Waals surface area contributed by atoms with Crippen LogP contribution in [-0.2, 0) is 0 Å². The Labute approximate surface area is 106 Å². The number of rotatable bonds is 3. The van der Waals surface area contributed by atoms with Crippen LogP contribution in [-0.4, -0.2) is 31.6 Å². The van der Waals surface area contributed by atoms with Crippen molar-refractivity contribution in [2.24, 2.45) is 0 Å². The standard InChI is InChI=1S/C13H17NO4/c1-16-10-5-8(6-11-13(10)18-7-17-11)12(15)9-3-2-4-14-9/h5-6,9,12,14-15H,2-4,7H2,1H3. The van der Waals surface area contributed by atoms with Gasteiger partial charge in [-0.15, -0.1) is 0 Å². The van der Waals surface area contributed by atoms with Gasteiger partial charge in [-0.2, -0.15) is 0 Å². The third kappa shape index (κ3) is 1.89. The number of nitrogens with one attached hydrogen (secondary N) is 1. The van der Waals surface area contributed by atoms with Gasteiger partial charge in [0, 0.05) is 6.04 Å². The number of methoxy groups -OCH3 is 1. The number of hydrogen-bond donors (Lipinski definition) is 2. The van der Waals surface area contributed by atoms with Gasteiger partial charge < -0.3 is 24.6 Å². The molecule has 18 heavy (non-hydrogen) atoms. The lowest BCUT2D eigenvalue weighted by Gasteiger charge is -2.19. The summed E-state index contributed by atoms with van der Waals surface area (Å²) in [6, 6.07) is 3.75. The molecule has 1 aromatic carbocycles. The second kappa shape index (κ2) is 4.66. The van der Waals surface area contributed by atoms with E-state index >= 15 is 0 Å². The predicted molar refractivity (Wildman–Crippen MR) is 65.1 cm³/mol. The van der Waals surface area contributed by atoms with Crippen LogP contribution in [0.25, 0.3) is 0 Å². The van der Waals surface area contributed by atoms with Gasteiger partial charge in [-0.25, -0.2) is 0 Å². The van der Waals surface area contributed by atoms with Crippen molar-refractivity contribution < 1.29 is 19.3 Å². The Morgan fingerprint density at radius 3 is 3.06 bits per heavy atom. The van der Waals surface area contributed by atoms with Crippen LogP contribution in [0.5, 0.6) is 17.2 Å². The minimum Gasteiger partial charge on any atom is -0.493 e. The van der Waals surface area contributed by atoms with Crippen LogP contribution in [0, 0.1) is 0 Å². The molecule has 0 saturated carbocycles. The Kier molecular flexibility index (Phi) is 3.01. The number of benzene rings is 1. The number of fused-ring (bicyclic) bond motifs is 1. The van der Waals surface area contributed by atoms with Crippen molar-refractivity contribution in [1.29, 1.82) is 0 Å². The van der Waals surface area contributed by atoms with E-state index in [0.29, 0.717) is 17.2 Å². The Balaban J connectivity index is 1.92. The van der Waals surface area contributed by atoms with E-state index in [1.165, 1.54) is 0 Å². The highest BCUT2D eigenvalue weighted by Gasteiger charge is 2.27. The second-order valence-corrected chi connectivity index (χ2v) is 4.60. The quantitative estimate of drug-likeness (QED) is 0.845. The molecule has 2 unspecified atom stereocenters. The molecule has 1 aromatic rings. The highest BCUT2D eigenvalue weighted by molar-refractivity contribution is 5.55. The predicted octanol–water partition coefficient (Wildman–Crippen LogP) is 1.21. The number of aliphatic hydroxyl groups excluding tert-OH is 1. The van der Waals surface area contributed by atoms with E-state index in [0.717, 1.165) is 24.9 Å². The molecule has 2 atom stereocenters. The molecule has 0 aliphatic carbocycles.